The molecule has 2 aromatic rings. The van der Waals surface area contributed by atoms with Crippen molar-refractivity contribution in [3.8, 4) is 0 Å². The topological polar surface area (TPSA) is 54.3 Å². The molecule has 1 heterocycles. The Hall–Kier alpha value is -1.81. The van der Waals surface area contributed by atoms with Gasteiger partial charge in [-0.25, -0.2) is 0 Å². The molecule has 0 saturated carbocycles. The first kappa shape index (κ1) is 12.6. The van der Waals surface area contributed by atoms with Crippen LogP contribution in [-0.4, -0.2) is 28.2 Å². The zero-order valence-electron chi connectivity index (χ0n) is 10.7. The smallest absolute Gasteiger partial charge is 0.253 e. The van der Waals surface area contributed by atoms with Crippen LogP contribution in [0.5, 0.6) is 0 Å². The van der Waals surface area contributed by atoms with Gasteiger partial charge < -0.3 is 15.0 Å². The van der Waals surface area contributed by atoms with E-state index in [1.807, 2.05) is 49.0 Å². The van der Waals surface area contributed by atoms with E-state index in [2.05, 4.69) is 5.32 Å². The van der Waals surface area contributed by atoms with Crippen molar-refractivity contribution in [1.82, 2.24) is 9.88 Å². The molecule has 1 aromatic heterocycles. The van der Waals surface area contributed by atoms with Crippen molar-refractivity contribution in [2.24, 2.45) is 7.05 Å². The number of fused-ring (bicyclic) bond motifs is 1. The quantitative estimate of drug-likeness (QED) is 0.862. The van der Waals surface area contributed by atoms with Crippen LogP contribution in [0.25, 0.3) is 10.9 Å². The van der Waals surface area contributed by atoms with E-state index in [1.54, 1.807) is 0 Å². The molecule has 2 N–H and O–H groups in total. The first-order valence-electron chi connectivity index (χ1n) is 6.09. The van der Waals surface area contributed by atoms with Crippen molar-refractivity contribution >= 4 is 16.8 Å². The highest BCUT2D eigenvalue weighted by Gasteiger charge is 2.15. The number of hydrogen-bond donors (Lipinski definition) is 2. The molecule has 1 aromatic carbocycles. The summed E-state index contributed by atoms with van der Waals surface area (Å²) in [7, 11) is 1.93. The standard InChI is InChI=1S/C14H18N2O2/c1-10(7-8-17)15-14(18)12-9-16(2)13-6-4-3-5-11(12)13/h3-6,9-10,17H,7-8H2,1-2H3,(H,15,18). The van der Waals surface area contributed by atoms with Crippen LogP contribution in [0.1, 0.15) is 23.7 Å². The molecule has 0 radical (unpaired) electrons. The predicted molar refractivity (Wildman–Crippen MR) is 71.6 cm³/mol. The second kappa shape index (κ2) is 5.23. The molecule has 1 atom stereocenters. The Kier molecular flexibility index (Phi) is 3.67. The second-order valence-electron chi connectivity index (χ2n) is 4.56. The summed E-state index contributed by atoms with van der Waals surface area (Å²) in [6.45, 7) is 1.97. The number of aromatic nitrogens is 1. The van der Waals surface area contributed by atoms with Crippen LogP contribution >= 0.6 is 0 Å². The minimum absolute atomic E-state index is 0.0264. The molecule has 0 spiro atoms. The number of nitrogens with zero attached hydrogens (tertiary/aromatic N) is 1. The lowest BCUT2D eigenvalue weighted by Crippen LogP contribution is -2.33. The Morgan fingerprint density at radius 1 is 1.44 bits per heavy atom. The van der Waals surface area contributed by atoms with E-state index >= 15 is 0 Å². The zero-order chi connectivity index (χ0) is 13.1. The number of hydrogen-bond acceptors (Lipinski definition) is 2. The fourth-order valence-corrected chi connectivity index (χ4v) is 2.09. The monoisotopic (exact) mass is 246 g/mol. The maximum Gasteiger partial charge on any atom is 0.253 e. The lowest BCUT2D eigenvalue weighted by Gasteiger charge is -2.11. The van der Waals surface area contributed by atoms with E-state index in [1.165, 1.54) is 0 Å². The summed E-state index contributed by atoms with van der Waals surface area (Å²) < 4.78 is 1.95. The highest BCUT2D eigenvalue weighted by Crippen LogP contribution is 2.20. The molecule has 1 unspecified atom stereocenters. The molecular formula is C14H18N2O2. The van der Waals surface area contributed by atoms with E-state index in [0.29, 0.717) is 12.0 Å². The van der Waals surface area contributed by atoms with Gasteiger partial charge in [0.05, 0.1) is 5.56 Å². The molecule has 4 nitrogen and oxygen atoms in total. The van der Waals surface area contributed by atoms with E-state index in [-0.39, 0.29) is 18.6 Å². The van der Waals surface area contributed by atoms with E-state index < -0.39 is 0 Å². The number of amides is 1. The van der Waals surface area contributed by atoms with Gasteiger partial charge in [0.1, 0.15) is 0 Å². The van der Waals surface area contributed by atoms with Crippen LogP contribution in [0.3, 0.4) is 0 Å². The highest BCUT2D eigenvalue weighted by atomic mass is 16.3. The van der Waals surface area contributed by atoms with Gasteiger partial charge in [-0.1, -0.05) is 18.2 Å². The number of aliphatic hydroxyl groups is 1. The molecule has 1 amide bonds. The van der Waals surface area contributed by atoms with Crippen molar-refractivity contribution < 1.29 is 9.90 Å². The Morgan fingerprint density at radius 2 is 2.17 bits per heavy atom. The number of aliphatic hydroxyl groups excluding tert-OH is 1. The number of rotatable bonds is 4. The Labute approximate surface area is 106 Å². The minimum Gasteiger partial charge on any atom is -0.396 e. The van der Waals surface area contributed by atoms with Gasteiger partial charge in [0.2, 0.25) is 0 Å². The Balaban J connectivity index is 2.28. The summed E-state index contributed by atoms with van der Waals surface area (Å²) in [4.78, 5) is 12.2. The molecule has 18 heavy (non-hydrogen) atoms. The number of para-hydroxylation sites is 1. The van der Waals surface area contributed by atoms with Crippen LogP contribution in [0.4, 0.5) is 0 Å². The van der Waals surface area contributed by atoms with Gasteiger partial charge in [0.25, 0.3) is 5.91 Å². The molecule has 0 aliphatic rings. The lowest BCUT2D eigenvalue weighted by atomic mass is 10.1. The maximum atomic E-state index is 12.2. The third-order valence-electron chi connectivity index (χ3n) is 3.08. The Morgan fingerprint density at radius 3 is 2.89 bits per heavy atom. The van der Waals surface area contributed by atoms with Gasteiger partial charge in [-0.15, -0.1) is 0 Å². The molecule has 0 bridgehead atoms. The highest BCUT2D eigenvalue weighted by molar-refractivity contribution is 6.07. The summed E-state index contributed by atoms with van der Waals surface area (Å²) in [6, 6.07) is 7.79. The first-order valence-corrected chi connectivity index (χ1v) is 6.09. The van der Waals surface area contributed by atoms with Crippen LogP contribution in [0.2, 0.25) is 0 Å². The zero-order valence-corrected chi connectivity index (χ0v) is 10.7. The molecule has 0 saturated heterocycles. The van der Waals surface area contributed by atoms with Crippen molar-refractivity contribution in [3.05, 3.63) is 36.0 Å². The van der Waals surface area contributed by atoms with Gasteiger partial charge in [-0.3, -0.25) is 4.79 Å². The van der Waals surface area contributed by atoms with Crippen molar-refractivity contribution in [2.45, 2.75) is 19.4 Å². The summed E-state index contributed by atoms with van der Waals surface area (Å²) in [5.41, 5.74) is 1.72. The molecule has 2 rings (SSSR count). The van der Waals surface area contributed by atoms with Gasteiger partial charge in [0, 0.05) is 36.8 Å². The average molecular weight is 246 g/mol. The summed E-state index contributed by atoms with van der Waals surface area (Å²) in [5.74, 6) is -0.0900. The van der Waals surface area contributed by atoms with Crippen molar-refractivity contribution in [3.63, 3.8) is 0 Å². The third kappa shape index (κ3) is 2.38. The van der Waals surface area contributed by atoms with E-state index in [9.17, 15) is 4.79 Å². The number of carbonyl (C=O) groups excluding carboxylic acids is 1. The van der Waals surface area contributed by atoms with Crippen LogP contribution < -0.4 is 5.32 Å². The molecule has 0 aliphatic heterocycles. The number of aryl methyl sites for hydroxylation is 1. The van der Waals surface area contributed by atoms with Gasteiger partial charge >= 0.3 is 0 Å². The molecular weight excluding hydrogens is 228 g/mol. The largest absolute Gasteiger partial charge is 0.396 e. The molecule has 4 heteroatoms. The fraction of sp³-hybridized carbons (Fsp3) is 0.357. The van der Waals surface area contributed by atoms with Crippen LogP contribution in [0, 0.1) is 0 Å². The summed E-state index contributed by atoms with van der Waals surface area (Å²) in [6.07, 6.45) is 2.40. The van der Waals surface area contributed by atoms with E-state index in [4.69, 9.17) is 5.11 Å². The number of nitrogens with one attached hydrogen (secondary N) is 1. The normalized spacial score (nSPS) is 12.6. The van der Waals surface area contributed by atoms with Gasteiger partial charge in [-0.05, 0) is 19.4 Å². The lowest BCUT2D eigenvalue weighted by molar-refractivity contribution is 0.0936. The van der Waals surface area contributed by atoms with Crippen LogP contribution in [0.15, 0.2) is 30.5 Å². The minimum atomic E-state index is -0.0900. The first-order chi connectivity index (χ1) is 8.63. The molecule has 96 valence electrons. The predicted octanol–water partition coefficient (Wildman–Crippen LogP) is 1.68. The third-order valence-corrected chi connectivity index (χ3v) is 3.08. The number of carbonyl (C=O) groups is 1. The molecule has 0 fully saturated rings. The number of benzene rings is 1. The maximum absolute atomic E-state index is 12.2. The second-order valence-corrected chi connectivity index (χ2v) is 4.56. The van der Waals surface area contributed by atoms with Gasteiger partial charge in [0.15, 0.2) is 0 Å². The summed E-state index contributed by atoms with van der Waals surface area (Å²) in [5, 5.41) is 12.7. The van der Waals surface area contributed by atoms with Crippen molar-refractivity contribution in [1.29, 1.82) is 0 Å². The van der Waals surface area contributed by atoms with Crippen molar-refractivity contribution in [2.75, 3.05) is 6.61 Å². The van der Waals surface area contributed by atoms with Crippen LogP contribution in [-0.2, 0) is 7.05 Å². The molecule has 0 aliphatic carbocycles. The summed E-state index contributed by atoms with van der Waals surface area (Å²) >= 11 is 0. The van der Waals surface area contributed by atoms with E-state index in [0.717, 1.165) is 10.9 Å². The SMILES string of the molecule is CC(CCO)NC(=O)c1cn(C)c2ccccc12. The average Bonchev–Trinajstić information content (AvgIpc) is 2.68. The Bertz CT molecular complexity index is 560. The van der Waals surface area contributed by atoms with Gasteiger partial charge in [-0.2, -0.15) is 0 Å². The fourth-order valence-electron chi connectivity index (χ4n) is 2.09.